The summed E-state index contributed by atoms with van der Waals surface area (Å²) in [6, 6.07) is -1.80. The second kappa shape index (κ2) is 6.34. The smallest absolute Gasteiger partial charge is 0.341 e. The van der Waals surface area contributed by atoms with Crippen molar-refractivity contribution in [2.45, 2.75) is 19.1 Å². The van der Waals surface area contributed by atoms with Gasteiger partial charge in [0, 0.05) is 19.6 Å². The van der Waals surface area contributed by atoms with E-state index >= 15 is 0 Å². The number of thiazole rings is 1. The molecular formula is C13H13ClF3N5OS. The molecule has 1 saturated heterocycles. The topological polar surface area (TPSA) is 73.9 Å². The first-order valence-corrected chi connectivity index (χ1v) is 8.29. The van der Waals surface area contributed by atoms with Crippen molar-refractivity contribution < 1.29 is 13.2 Å². The number of halogens is 4. The van der Waals surface area contributed by atoms with Gasteiger partial charge in [-0.05, 0) is 6.92 Å². The molecule has 130 valence electrons. The molecule has 1 unspecified atom stereocenters. The number of aromatic nitrogens is 3. The van der Waals surface area contributed by atoms with E-state index in [9.17, 15) is 18.0 Å². The third kappa shape index (κ3) is 3.13. The molecular weight excluding hydrogens is 367 g/mol. The van der Waals surface area contributed by atoms with Gasteiger partial charge in [0.25, 0.3) is 5.56 Å². The van der Waals surface area contributed by atoms with E-state index in [1.165, 1.54) is 11.3 Å². The third-order valence-corrected chi connectivity index (χ3v) is 4.98. The largest absolute Gasteiger partial charge is 0.410 e. The summed E-state index contributed by atoms with van der Waals surface area (Å²) in [5.74, 6) is 0.00546. The molecule has 24 heavy (non-hydrogen) atoms. The first-order chi connectivity index (χ1) is 11.3. The van der Waals surface area contributed by atoms with Gasteiger partial charge in [0.1, 0.15) is 11.1 Å². The number of hydrogen-bond acceptors (Lipinski definition) is 6. The Morgan fingerprint density at radius 1 is 1.46 bits per heavy atom. The maximum atomic E-state index is 13.3. The van der Waals surface area contributed by atoms with E-state index in [4.69, 9.17) is 11.6 Å². The van der Waals surface area contributed by atoms with Crippen LogP contribution in [0.25, 0.3) is 10.7 Å². The molecule has 2 aromatic heterocycles. The van der Waals surface area contributed by atoms with E-state index in [-0.39, 0.29) is 29.8 Å². The van der Waals surface area contributed by atoms with Gasteiger partial charge in [-0.3, -0.25) is 4.79 Å². The monoisotopic (exact) mass is 379 g/mol. The van der Waals surface area contributed by atoms with Crippen LogP contribution in [0.3, 0.4) is 0 Å². The van der Waals surface area contributed by atoms with Crippen LogP contribution in [0, 0.1) is 6.92 Å². The molecule has 2 aromatic rings. The lowest BCUT2D eigenvalue weighted by molar-refractivity contribution is -0.149. The van der Waals surface area contributed by atoms with Crippen LogP contribution in [-0.2, 0) is 0 Å². The van der Waals surface area contributed by atoms with Gasteiger partial charge in [0.15, 0.2) is 11.6 Å². The molecule has 0 radical (unpaired) electrons. The number of alkyl halides is 3. The minimum absolute atomic E-state index is 0.0431. The fourth-order valence-electron chi connectivity index (χ4n) is 2.52. The fourth-order valence-corrected chi connectivity index (χ4v) is 3.47. The molecule has 0 bridgehead atoms. The number of H-pyrrole nitrogens is 1. The zero-order valence-corrected chi connectivity index (χ0v) is 14.0. The fraction of sp³-hybridized carbons (Fsp3) is 0.462. The maximum Gasteiger partial charge on any atom is 0.410 e. The molecule has 0 aromatic carbocycles. The maximum absolute atomic E-state index is 13.3. The molecule has 1 aliphatic rings. The van der Waals surface area contributed by atoms with E-state index in [0.29, 0.717) is 17.1 Å². The highest BCUT2D eigenvalue weighted by Gasteiger charge is 2.46. The minimum Gasteiger partial charge on any atom is -0.341 e. The average molecular weight is 380 g/mol. The van der Waals surface area contributed by atoms with E-state index in [1.54, 1.807) is 12.4 Å². The Morgan fingerprint density at radius 2 is 2.21 bits per heavy atom. The number of piperazine rings is 1. The van der Waals surface area contributed by atoms with Gasteiger partial charge >= 0.3 is 6.18 Å². The van der Waals surface area contributed by atoms with Crippen LogP contribution in [0.2, 0.25) is 5.02 Å². The van der Waals surface area contributed by atoms with Crippen molar-refractivity contribution in [1.29, 1.82) is 0 Å². The van der Waals surface area contributed by atoms with E-state index in [0.717, 1.165) is 4.90 Å². The van der Waals surface area contributed by atoms with Crippen LogP contribution in [0.1, 0.15) is 5.69 Å². The lowest BCUT2D eigenvalue weighted by Gasteiger charge is -2.38. The Hall–Kier alpha value is -1.65. The van der Waals surface area contributed by atoms with Crippen LogP contribution >= 0.6 is 22.9 Å². The molecule has 0 aliphatic carbocycles. The number of aromatic amines is 1. The Kier molecular flexibility index (Phi) is 4.54. The molecule has 0 amide bonds. The van der Waals surface area contributed by atoms with Gasteiger partial charge in [-0.15, -0.1) is 11.3 Å². The highest BCUT2D eigenvalue weighted by atomic mass is 35.5. The summed E-state index contributed by atoms with van der Waals surface area (Å²) < 4.78 is 39.9. The van der Waals surface area contributed by atoms with Crippen LogP contribution in [0.15, 0.2) is 10.3 Å². The molecule has 0 saturated carbocycles. The van der Waals surface area contributed by atoms with Crippen molar-refractivity contribution in [1.82, 2.24) is 20.3 Å². The zero-order chi connectivity index (χ0) is 17.5. The highest BCUT2D eigenvalue weighted by molar-refractivity contribution is 7.13. The molecule has 3 rings (SSSR count). The van der Waals surface area contributed by atoms with Crippen molar-refractivity contribution in [3.05, 3.63) is 26.6 Å². The molecule has 1 atom stereocenters. The predicted octanol–water partition coefficient (Wildman–Crippen LogP) is 2.20. The summed E-state index contributed by atoms with van der Waals surface area (Å²) in [5, 5.41) is 2.35. The van der Waals surface area contributed by atoms with Crippen LogP contribution in [0.4, 0.5) is 19.0 Å². The van der Waals surface area contributed by atoms with E-state index < -0.39 is 17.8 Å². The first kappa shape index (κ1) is 17.2. The van der Waals surface area contributed by atoms with Gasteiger partial charge < -0.3 is 15.2 Å². The SMILES string of the molecule is Cc1ncsc1-c1nc(N2CCNCC2C(F)(F)F)c(Cl)c(=O)[nH]1. The number of hydrogen-bond donors (Lipinski definition) is 2. The summed E-state index contributed by atoms with van der Waals surface area (Å²) in [6.45, 7) is 1.82. The Labute approximate surface area is 143 Å². The summed E-state index contributed by atoms with van der Waals surface area (Å²) in [6.07, 6.45) is -4.47. The van der Waals surface area contributed by atoms with Crippen molar-refractivity contribution in [2.75, 3.05) is 24.5 Å². The Morgan fingerprint density at radius 3 is 2.83 bits per heavy atom. The van der Waals surface area contributed by atoms with Crippen molar-refractivity contribution >= 4 is 28.8 Å². The lowest BCUT2D eigenvalue weighted by atomic mass is 10.2. The Bertz CT molecular complexity index is 806. The lowest BCUT2D eigenvalue weighted by Crippen LogP contribution is -2.58. The number of nitrogens with one attached hydrogen (secondary N) is 2. The molecule has 0 spiro atoms. The van der Waals surface area contributed by atoms with Gasteiger partial charge in [-0.2, -0.15) is 13.2 Å². The number of aryl methyl sites for hydroxylation is 1. The second-order valence-electron chi connectivity index (χ2n) is 5.27. The van der Waals surface area contributed by atoms with Crippen molar-refractivity contribution in [3.63, 3.8) is 0 Å². The molecule has 6 nitrogen and oxygen atoms in total. The normalized spacial score (nSPS) is 18.9. The molecule has 11 heteroatoms. The van der Waals surface area contributed by atoms with Gasteiger partial charge in [-0.1, -0.05) is 11.6 Å². The van der Waals surface area contributed by atoms with Crippen LogP contribution in [0.5, 0.6) is 0 Å². The molecule has 1 fully saturated rings. The average Bonchev–Trinajstić information content (AvgIpc) is 2.95. The molecule has 2 N–H and O–H groups in total. The highest BCUT2D eigenvalue weighted by Crippen LogP contribution is 2.33. The first-order valence-electron chi connectivity index (χ1n) is 7.03. The van der Waals surface area contributed by atoms with Crippen molar-refractivity contribution in [2.24, 2.45) is 0 Å². The zero-order valence-electron chi connectivity index (χ0n) is 12.4. The van der Waals surface area contributed by atoms with Gasteiger partial charge in [-0.25, -0.2) is 9.97 Å². The van der Waals surface area contributed by atoms with Crippen molar-refractivity contribution in [3.8, 4) is 10.7 Å². The van der Waals surface area contributed by atoms with Gasteiger partial charge in [0.2, 0.25) is 0 Å². The number of anilines is 1. The third-order valence-electron chi connectivity index (χ3n) is 3.70. The van der Waals surface area contributed by atoms with Crippen LogP contribution in [-0.4, -0.2) is 46.8 Å². The minimum atomic E-state index is -4.47. The van der Waals surface area contributed by atoms with Gasteiger partial charge in [0.05, 0.1) is 16.1 Å². The summed E-state index contributed by atoms with van der Waals surface area (Å²) in [5.41, 5.74) is 1.52. The van der Waals surface area contributed by atoms with E-state index in [2.05, 4.69) is 20.3 Å². The molecule has 3 heterocycles. The summed E-state index contributed by atoms with van der Waals surface area (Å²) in [7, 11) is 0. The Balaban J connectivity index is 2.11. The summed E-state index contributed by atoms with van der Waals surface area (Å²) >= 11 is 7.21. The van der Waals surface area contributed by atoms with E-state index in [1.807, 2.05) is 0 Å². The quantitative estimate of drug-likeness (QED) is 0.836. The second-order valence-corrected chi connectivity index (χ2v) is 6.51. The summed E-state index contributed by atoms with van der Waals surface area (Å²) in [4.78, 5) is 24.5. The predicted molar refractivity (Wildman–Crippen MR) is 85.8 cm³/mol. The molecule has 1 aliphatic heterocycles. The standard InChI is InChI=1S/C13H13ClF3N5OS/c1-6-9(24-5-19-6)10-20-11(8(14)12(23)21-10)22-3-2-18-4-7(22)13(15,16)17/h5,7,18H,2-4H2,1H3,(H,20,21,23). The number of nitrogens with zero attached hydrogens (tertiary/aromatic N) is 3. The number of rotatable bonds is 2. The van der Waals surface area contributed by atoms with Crippen LogP contribution < -0.4 is 15.8 Å².